The van der Waals surface area contributed by atoms with Crippen molar-refractivity contribution in [3.05, 3.63) is 75.4 Å². The van der Waals surface area contributed by atoms with Crippen molar-refractivity contribution in [1.29, 1.82) is 0 Å². The number of halogens is 1. The first kappa shape index (κ1) is 28.9. The molecule has 5 aromatic rings. The lowest BCUT2D eigenvalue weighted by Crippen LogP contribution is -2.28. The predicted octanol–water partition coefficient (Wildman–Crippen LogP) is 8.47. The Balaban J connectivity index is 0.000000152. The zero-order chi connectivity index (χ0) is 28.2. The molecule has 8 heteroatoms. The number of hydrogen-bond donors (Lipinski definition) is 0. The summed E-state index contributed by atoms with van der Waals surface area (Å²) in [7, 11) is 0. The summed E-state index contributed by atoms with van der Waals surface area (Å²) in [5, 5.41) is 2.52. The monoisotopic (exact) mass is 647 g/mol. The standard InChI is InChI=1S/C19H21N3S.C14H17BrN2S/c1-14-4-3-10-22(14)11-8-19-21-17-7-6-15(12-18(17)23-19)16-5-2-9-20-13-16;1-10-3-2-7-17(10)8-6-14-16-12-5-4-11(15)9-13(12)18-14/h2,5-7,9,12-14H,3-4,8,10-11H2,1H3;4-5,9-10H,2-3,6-8H2,1H3/t14-;10-/m11/s1. The van der Waals surface area contributed by atoms with Crippen LogP contribution in [0.4, 0.5) is 0 Å². The number of nitrogens with zero attached hydrogens (tertiary/aromatic N) is 5. The molecule has 0 N–H and O–H groups in total. The molecule has 5 heterocycles. The van der Waals surface area contributed by atoms with Crippen LogP contribution in [-0.2, 0) is 12.8 Å². The molecule has 41 heavy (non-hydrogen) atoms. The first-order valence-corrected chi connectivity index (χ1v) is 17.3. The fourth-order valence-corrected chi connectivity index (χ4v) is 8.48. The molecule has 2 aliphatic rings. The zero-order valence-corrected chi connectivity index (χ0v) is 27.1. The Morgan fingerprint density at radius 3 is 1.95 bits per heavy atom. The van der Waals surface area contributed by atoms with Crippen LogP contribution in [-0.4, -0.2) is 63.0 Å². The van der Waals surface area contributed by atoms with Crippen LogP contribution in [0.25, 0.3) is 31.6 Å². The maximum absolute atomic E-state index is 4.81. The molecule has 0 radical (unpaired) electrons. The van der Waals surface area contributed by atoms with Gasteiger partial charge in [0.2, 0.25) is 0 Å². The lowest BCUT2D eigenvalue weighted by molar-refractivity contribution is 0.272. The van der Waals surface area contributed by atoms with Gasteiger partial charge >= 0.3 is 0 Å². The minimum Gasteiger partial charge on any atom is -0.300 e. The van der Waals surface area contributed by atoms with E-state index in [0.29, 0.717) is 0 Å². The van der Waals surface area contributed by atoms with Crippen molar-refractivity contribution in [3.63, 3.8) is 0 Å². The molecule has 7 rings (SSSR count). The van der Waals surface area contributed by atoms with Crippen LogP contribution in [0.15, 0.2) is 65.4 Å². The van der Waals surface area contributed by atoms with Gasteiger partial charge in [-0.2, -0.15) is 0 Å². The summed E-state index contributed by atoms with van der Waals surface area (Å²) in [5.41, 5.74) is 4.63. The Morgan fingerprint density at radius 1 is 0.780 bits per heavy atom. The number of benzene rings is 2. The molecule has 3 aromatic heterocycles. The van der Waals surface area contributed by atoms with Crippen LogP contribution in [0.1, 0.15) is 49.5 Å². The van der Waals surface area contributed by atoms with Crippen molar-refractivity contribution in [2.24, 2.45) is 0 Å². The highest BCUT2D eigenvalue weighted by Crippen LogP contribution is 2.29. The van der Waals surface area contributed by atoms with Gasteiger partial charge in [0.05, 0.1) is 30.4 Å². The quantitative estimate of drug-likeness (QED) is 0.177. The highest BCUT2D eigenvalue weighted by molar-refractivity contribution is 9.10. The molecule has 0 bridgehead atoms. The van der Waals surface area contributed by atoms with Crippen molar-refractivity contribution in [2.75, 3.05) is 26.2 Å². The molecule has 0 spiro atoms. The van der Waals surface area contributed by atoms with Crippen LogP contribution >= 0.6 is 38.6 Å². The van der Waals surface area contributed by atoms with E-state index in [-0.39, 0.29) is 0 Å². The number of rotatable bonds is 7. The normalized spacial score (nSPS) is 19.7. The number of thiazole rings is 2. The van der Waals surface area contributed by atoms with E-state index in [0.717, 1.165) is 59.1 Å². The van der Waals surface area contributed by atoms with E-state index in [1.54, 1.807) is 0 Å². The van der Waals surface area contributed by atoms with Crippen molar-refractivity contribution in [2.45, 2.75) is 64.5 Å². The molecule has 0 saturated carbocycles. The van der Waals surface area contributed by atoms with Gasteiger partial charge in [-0.3, -0.25) is 4.98 Å². The second-order valence-electron chi connectivity index (χ2n) is 11.3. The van der Waals surface area contributed by atoms with Gasteiger partial charge in [-0.05, 0) is 94.6 Å². The van der Waals surface area contributed by atoms with Crippen LogP contribution in [0, 0.1) is 0 Å². The minimum atomic E-state index is 0.738. The molecule has 2 aliphatic heterocycles. The molecule has 0 amide bonds. The minimum absolute atomic E-state index is 0.738. The molecule has 214 valence electrons. The smallest absolute Gasteiger partial charge is 0.0951 e. The van der Waals surface area contributed by atoms with E-state index >= 15 is 0 Å². The first-order valence-electron chi connectivity index (χ1n) is 14.8. The van der Waals surface area contributed by atoms with Gasteiger partial charge in [0.1, 0.15) is 0 Å². The third-order valence-electron chi connectivity index (χ3n) is 8.43. The third-order valence-corrected chi connectivity index (χ3v) is 11.1. The van der Waals surface area contributed by atoms with Crippen LogP contribution in [0.3, 0.4) is 0 Å². The van der Waals surface area contributed by atoms with Gasteiger partial charge in [0.25, 0.3) is 0 Å². The van der Waals surface area contributed by atoms with Crippen molar-refractivity contribution < 1.29 is 0 Å². The van der Waals surface area contributed by atoms with E-state index < -0.39 is 0 Å². The van der Waals surface area contributed by atoms with Gasteiger partial charge < -0.3 is 9.80 Å². The van der Waals surface area contributed by atoms with Crippen molar-refractivity contribution >= 4 is 59.0 Å². The van der Waals surface area contributed by atoms with Gasteiger partial charge in [0, 0.05) is 60.4 Å². The largest absolute Gasteiger partial charge is 0.300 e. The molecule has 5 nitrogen and oxygen atoms in total. The van der Waals surface area contributed by atoms with Gasteiger partial charge in [-0.1, -0.05) is 28.1 Å². The van der Waals surface area contributed by atoms with Crippen molar-refractivity contribution in [1.82, 2.24) is 24.8 Å². The Morgan fingerprint density at radius 2 is 1.39 bits per heavy atom. The lowest BCUT2D eigenvalue weighted by Gasteiger charge is -2.19. The summed E-state index contributed by atoms with van der Waals surface area (Å²) in [6, 6.07) is 18.4. The number of pyridine rings is 1. The molecule has 2 fully saturated rings. The highest BCUT2D eigenvalue weighted by Gasteiger charge is 2.21. The van der Waals surface area contributed by atoms with Crippen LogP contribution in [0.5, 0.6) is 0 Å². The van der Waals surface area contributed by atoms with E-state index in [4.69, 9.17) is 9.97 Å². The molecule has 2 aromatic carbocycles. The fourth-order valence-electron chi connectivity index (χ4n) is 5.97. The van der Waals surface area contributed by atoms with E-state index in [1.165, 1.54) is 63.8 Å². The van der Waals surface area contributed by atoms with Crippen molar-refractivity contribution in [3.8, 4) is 11.1 Å². The van der Waals surface area contributed by atoms with E-state index in [9.17, 15) is 0 Å². The molecule has 0 unspecified atom stereocenters. The maximum Gasteiger partial charge on any atom is 0.0951 e. The van der Waals surface area contributed by atoms with E-state index in [1.807, 2.05) is 41.1 Å². The molecule has 2 saturated heterocycles. The third kappa shape index (κ3) is 7.23. The number of fused-ring (bicyclic) bond motifs is 2. The second kappa shape index (κ2) is 13.4. The topological polar surface area (TPSA) is 45.2 Å². The first-order chi connectivity index (χ1) is 20.0. The average molecular weight is 649 g/mol. The Hall–Kier alpha value is -2.23. The Kier molecular flexibility index (Phi) is 9.42. The van der Waals surface area contributed by atoms with E-state index in [2.05, 4.69) is 87.0 Å². The average Bonchev–Trinajstić information content (AvgIpc) is 3.78. The maximum atomic E-state index is 4.81. The number of hydrogen-bond acceptors (Lipinski definition) is 7. The number of aromatic nitrogens is 3. The molecule has 0 aliphatic carbocycles. The van der Waals surface area contributed by atoms with Crippen LogP contribution in [0.2, 0.25) is 0 Å². The van der Waals surface area contributed by atoms with Crippen LogP contribution < -0.4 is 0 Å². The predicted molar refractivity (Wildman–Crippen MR) is 178 cm³/mol. The van der Waals surface area contributed by atoms with Gasteiger partial charge in [0.15, 0.2) is 0 Å². The summed E-state index contributed by atoms with van der Waals surface area (Å²) in [6.07, 6.45) is 11.3. The lowest BCUT2D eigenvalue weighted by atomic mass is 10.1. The van der Waals surface area contributed by atoms with Gasteiger partial charge in [-0.15, -0.1) is 22.7 Å². The number of likely N-dealkylation sites (tertiary alicyclic amines) is 2. The second-order valence-corrected chi connectivity index (χ2v) is 14.5. The summed E-state index contributed by atoms with van der Waals surface area (Å²) in [5.74, 6) is 0. The SMILES string of the molecule is C[C@@H]1CCCN1CCc1nc2ccc(-c3cccnc3)cc2s1.C[C@@H]1CCCN1CCc1nc2ccc(Br)cc2s1. The molecular formula is C33H38BrN5S2. The molecular weight excluding hydrogens is 610 g/mol. The summed E-state index contributed by atoms with van der Waals surface area (Å²) in [4.78, 5) is 18.9. The summed E-state index contributed by atoms with van der Waals surface area (Å²) >= 11 is 7.17. The summed E-state index contributed by atoms with van der Waals surface area (Å²) in [6.45, 7) is 9.47. The van der Waals surface area contributed by atoms with Gasteiger partial charge in [-0.25, -0.2) is 9.97 Å². The molecule has 2 atom stereocenters. The Labute approximate surface area is 259 Å². The Bertz CT molecular complexity index is 1580. The fraction of sp³-hybridized carbons (Fsp3) is 0.424. The highest BCUT2D eigenvalue weighted by atomic mass is 79.9. The summed E-state index contributed by atoms with van der Waals surface area (Å²) < 4.78 is 3.70. The zero-order valence-electron chi connectivity index (χ0n) is 23.9.